The Hall–Kier alpha value is -4.53. The van der Waals surface area contributed by atoms with E-state index >= 15 is 0 Å². The minimum absolute atomic E-state index is 0.0703. The Morgan fingerprint density at radius 2 is 1.53 bits per heavy atom. The van der Waals surface area contributed by atoms with Crippen LogP contribution in [0, 0.1) is 10.1 Å². The molecule has 4 rings (SSSR count). The van der Waals surface area contributed by atoms with E-state index in [4.69, 9.17) is 23.7 Å². The quantitative estimate of drug-likeness (QED) is 0.217. The number of nitro groups is 1. The van der Waals surface area contributed by atoms with Gasteiger partial charge in [0.25, 0.3) is 0 Å². The number of methoxy groups -OCH3 is 4. The molecule has 1 heterocycles. The van der Waals surface area contributed by atoms with Gasteiger partial charge in [-0.2, -0.15) is 0 Å². The minimum Gasteiger partial charge on any atom is -0.493 e. The van der Waals surface area contributed by atoms with Crippen LogP contribution in [0.15, 0.2) is 60.8 Å². The van der Waals surface area contributed by atoms with Gasteiger partial charge in [0, 0.05) is 29.0 Å². The molecule has 0 atom stereocenters. The second kappa shape index (κ2) is 10.8. The van der Waals surface area contributed by atoms with Gasteiger partial charge in [-0.05, 0) is 29.8 Å². The number of hydrogen-bond acceptors (Lipinski definition) is 8. The topological polar surface area (TPSA) is 102 Å². The monoisotopic (exact) mass is 490 g/mol. The average Bonchev–Trinajstić information content (AvgIpc) is 2.91. The number of rotatable bonds is 10. The lowest BCUT2D eigenvalue weighted by atomic mass is 10.0. The predicted octanol–water partition coefficient (Wildman–Crippen LogP) is 5.35. The lowest BCUT2D eigenvalue weighted by Gasteiger charge is -2.17. The first-order valence-electron chi connectivity index (χ1n) is 11.1. The van der Waals surface area contributed by atoms with Crippen molar-refractivity contribution in [2.24, 2.45) is 0 Å². The Bertz CT molecular complexity index is 1390. The molecule has 0 saturated carbocycles. The smallest absolute Gasteiger partial charge is 0.318 e. The number of ether oxygens (including phenoxy) is 5. The Balaban J connectivity index is 1.82. The maximum absolute atomic E-state index is 12.3. The molecule has 0 N–H and O–H groups in total. The molecule has 0 aliphatic carbocycles. The number of nitrogens with zero attached hydrogens (tertiary/aromatic N) is 2. The molecule has 9 heteroatoms. The molecule has 4 aromatic rings. The summed E-state index contributed by atoms with van der Waals surface area (Å²) in [4.78, 5) is 16.3. The predicted molar refractivity (Wildman–Crippen MR) is 135 cm³/mol. The van der Waals surface area contributed by atoms with E-state index in [1.54, 1.807) is 37.6 Å². The summed E-state index contributed by atoms with van der Waals surface area (Å²) >= 11 is 0. The van der Waals surface area contributed by atoms with Crippen LogP contribution in [-0.2, 0) is 13.0 Å². The third kappa shape index (κ3) is 4.68. The van der Waals surface area contributed by atoms with Crippen molar-refractivity contribution >= 4 is 16.5 Å². The SMILES string of the molecule is COc1ccc(Cc2nccc3c(OC)c(OC)c(OC)cc23)c([N+](=O)[O-])c1OCc1ccccc1. The van der Waals surface area contributed by atoms with Crippen LogP contribution in [0.3, 0.4) is 0 Å². The van der Waals surface area contributed by atoms with Crippen LogP contribution in [0.25, 0.3) is 10.8 Å². The van der Waals surface area contributed by atoms with Crippen molar-refractivity contribution in [3.63, 3.8) is 0 Å². The highest BCUT2D eigenvalue weighted by molar-refractivity contribution is 5.94. The number of aromatic nitrogens is 1. The zero-order valence-corrected chi connectivity index (χ0v) is 20.4. The van der Waals surface area contributed by atoms with E-state index in [0.29, 0.717) is 28.5 Å². The Labute approximate surface area is 208 Å². The average molecular weight is 491 g/mol. The maximum atomic E-state index is 12.3. The fraction of sp³-hybridized carbons (Fsp3) is 0.222. The van der Waals surface area contributed by atoms with Crippen LogP contribution in [0.5, 0.6) is 28.7 Å². The van der Waals surface area contributed by atoms with Crippen LogP contribution in [-0.4, -0.2) is 38.3 Å². The molecule has 0 unspecified atom stereocenters. The number of benzene rings is 3. The van der Waals surface area contributed by atoms with Crippen molar-refractivity contribution in [1.29, 1.82) is 0 Å². The first-order chi connectivity index (χ1) is 17.5. The van der Waals surface area contributed by atoms with Crippen molar-refractivity contribution in [2.45, 2.75) is 13.0 Å². The number of nitro benzene ring substituents is 1. The molecule has 0 spiro atoms. The van der Waals surface area contributed by atoms with E-state index < -0.39 is 4.92 Å². The summed E-state index contributed by atoms with van der Waals surface area (Å²) in [7, 11) is 6.06. The number of pyridine rings is 1. The molecule has 3 aromatic carbocycles. The van der Waals surface area contributed by atoms with Gasteiger partial charge in [-0.3, -0.25) is 15.1 Å². The summed E-state index contributed by atoms with van der Waals surface area (Å²) in [6, 6.07) is 16.3. The summed E-state index contributed by atoms with van der Waals surface area (Å²) in [5.41, 5.74) is 1.74. The molecule has 0 bridgehead atoms. The van der Waals surface area contributed by atoms with E-state index in [1.807, 2.05) is 30.3 Å². The van der Waals surface area contributed by atoms with Gasteiger partial charge in [-0.15, -0.1) is 0 Å². The first-order valence-corrected chi connectivity index (χ1v) is 11.1. The zero-order valence-electron chi connectivity index (χ0n) is 20.4. The molecule has 9 nitrogen and oxygen atoms in total. The van der Waals surface area contributed by atoms with Gasteiger partial charge in [0.15, 0.2) is 17.2 Å². The molecular formula is C27H26N2O7. The van der Waals surface area contributed by atoms with E-state index in [2.05, 4.69) is 4.98 Å². The van der Waals surface area contributed by atoms with E-state index in [-0.39, 0.29) is 30.2 Å². The van der Waals surface area contributed by atoms with E-state index in [9.17, 15) is 10.1 Å². The summed E-state index contributed by atoms with van der Waals surface area (Å²) in [5, 5.41) is 13.7. The van der Waals surface area contributed by atoms with Crippen molar-refractivity contribution < 1.29 is 28.6 Å². The lowest BCUT2D eigenvalue weighted by Crippen LogP contribution is -2.05. The van der Waals surface area contributed by atoms with Crippen molar-refractivity contribution in [2.75, 3.05) is 28.4 Å². The fourth-order valence-electron chi connectivity index (χ4n) is 4.14. The normalized spacial score (nSPS) is 10.7. The Morgan fingerprint density at radius 3 is 2.17 bits per heavy atom. The maximum Gasteiger partial charge on any atom is 0.318 e. The van der Waals surface area contributed by atoms with Gasteiger partial charge in [0.2, 0.25) is 11.5 Å². The number of fused-ring (bicyclic) bond motifs is 1. The first kappa shape index (κ1) is 24.6. The van der Waals surface area contributed by atoms with Crippen LogP contribution in [0.4, 0.5) is 5.69 Å². The second-order valence-corrected chi connectivity index (χ2v) is 7.81. The molecular weight excluding hydrogens is 464 g/mol. The van der Waals surface area contributed by atoms with Crippen molar-refractivity contribution in [1.82, 2.24) is 4.98 Å². The van der Waals surface area contributed by atoms with Gasteiger partial charge in [-0.1, -0.05) is 30.3 Å². The summed E-state index contributed by atoms with van der Waals surface area (Å²) in [5.74, 6) is 1.76. The number of hydrogen-bond donors (Lipinski definition) is 0. The van der Waals surface area contributed by atoms with Gasteiger partial charge >= 0.3 is 5.69 Å². The fourth-order valence-corrected chi connectivity index (χ4v) is 4.14. The van der Waals surface area contributed by atoms with Crippen LogP contribution in [0.1, 0.15) is 16.8 Å². The lowest BCUT2D eigenvalue weighted by molar-refractivity contribution is -0.386. The second-order valence-electron chi connectivity index (χ2n) is 7.81. The van der Waals surface area contributed by atoms with Gasteiger partial charge in [0.05, 0.1) is 39.1 Å². The van der Waals surface area contributed by atoms with Crippen molar-refractivity contribution in [3.8, 4) is 28.7 Å². The van der Waals surface area contributed by atoms with E-state index in [1.165, 1.54) is 21.3 Å². The van der Waals surface area contributed by atoms with Crippen LogP contribution >= 0.6 is 0 Å². The molecule has 0 fully saturated rings. The molecule has 0 amide bonds. The summed E-state index contributed by atoms with van der Waals surface area (Å²) in [6.45, 7) is 0.155. The summed E-state index contributed by atoms with van der Waals surface area (Å²) < 4.78 is 27.9. The molecule has 0 saturated heterocycles. The summed E-state index contributed by atoms with van der Waals surface area (Å²) in [6.07, 6.45) is 1.80. The largest absolute Gasteiger partial charge is 0.493 e. The molecule has 186 valence electrons. The zero-order chi connectivity index (χ0) is 25.7. The Morgan fingerprint density at radius 1 is 0.806 bits per heavy atom. The third-order valence-corrected chi connectivity index (χ3v) is 5.82. The molecule has 0 aliphatic heterocycles. The van der Waals surface area contributed by atoms with Crippen molar-refractivity contribution in [3.05, 3.63) is 87.7 Å². The van der Waals surface area contributed by atoms with Gasteiger partial charge in [-0.25, -0.2) is 0 Å². The van der Waals surface area contributed by atoms with Gasteiger partial charge in [0.1, 0.15) is 6.61 Å². The highest BCUT2D eigenvalue weighted by Gasteiger charge is 2.27. The molecule has 0 radical (unpaired) electrons. The van der Waals surface area contributed by atoms with Crippen LogP contribution in [0.2, 0.25) is 0 Å². The highest BCUT2D eigenvalue weighted by Crippen LogP contribution is 2.45. The third-order valence-electron chi connectivity index (χ3n) is 5.82. The van der Waals surface area contributed by atoms with Gasteiger partial charge < -0.3 is 23.7 Å². The molecule has 36 heavy (non-hydrogen) atoms. The molecule has 1 aromatic heterocycles. The minimum atomic E-state index is -0.451. The van der Waals surface area contributed by atoms with E-state index in [0.717, 1.165) is 16.3 Å². The van der Waals surface area contributed by atoms with Crippen LogP contribution < -0.4 is 23.7 Å². The molecule has 0 aliphatic rings. The standard InChI is InChI=1S/C27H26N2O7/c1-32-22-11-10-18(24(29(30)31)26(22)36-16-17-8-6-5-7-9-17)14-21-20-15-23(33-2)27(35-4)25(34-3)19(20)12-13-28-21/h5-13,15H,14,16H2,1-4H3. The highest BCUT2D eigenvalue weighted by atomic mass is 16.6. The Kier molecular flexibility index (Phi) is 7.39.